The lowest BCUT2D eigenvalue weighted by Gasteiger charge is -2.18. The number of aliphatic hydroxyl groups excluding tert-OH is 1. The molecule has 1 amide bonds. The van der Waals surface area contributed by atoms with Crippen LogP contribution in [0, 0.1) is 12.8 Å². The molecule has 0 aliphatic carbocycles. The van der Waals surface area contributed by atoms with E-state index in [-0.39, 0.29) is 18.4 Å². The molecule has 2 aromatic rings. The van der Waals surface area contributed by atoms with E-state index in [0.29, 0.717) is 18.8 Å². The van der Waals surface area contributed by atoms with Gasteiger partial charge in [-0.3, -0.25) is 4.79 Å². The number of nitrogens with one attached hydrogen (secondary N) is 1. The van der Waals surface area contributed by atoms with Gasteiger partial charge in [0.15, 0.2) is 0 Å². The number of tetrazole rings is 1. The van der Waals surface area contributed by atoms with Gasteiger partial charge >= 0.3 is 0 Å². The molecule has 0 radical (unpaired) electrons. The maximum Gasteiger partial charge on any atom is 0.245 e. The molecule has 2 rings (SSSR count). The molecule has 2 atom stereocenters. The van der Waals surface area contributed by atoms with Crippen molar-refractivity contribution >= 4 is 5.91 Å². The van der Waals surface area contributed by atoms with Crippen LogP contribution in [0.25, 0.3) is 0 Å². The van der Waals surface area contributed by atoms with Gasteiger partial charge in [-0.25, -0.2) is 4.68 Å². The Labute approximate surface area is 129 Å². The van der Waals surface area contributed by atoms with Crippen LogP contribution in [0.4, 0.5) is 0 Å². The minimum absolute atomic E-state index is 0.0105. The van der Waals surface area contributed by atoms with Gasteiger partial charge in [-0.2, -0.15) is 0 Å². The molecule has 22 heavy (non-hydrogen) atoms. The van der Waals surface area contributed by atoms with Gasteiger partial charge in [0.05, 0.1) is 0 Å². The summed E-state index contributed by atoms with van der Waals surface area (Å²) >= 11 is 0. The number of hydrogen-bond acceptors (Lipinski definition) is 5. The first-order chi connectivity index (χ1) is 10.6. The number of nitrogens with zero attached hydrogens (tertiary/aromatic N) is 4. The molecule has 7 nitrogen and oxygen atoms in total. The average molecular weight is 303 g/mol. The molecule has 118 valence electrons. The van der Waals surface area contributed by atoms with Gasteiger partial charge in [0.2, 0.25) is 5.91 Å². The van der Waals surface area contributed by atoms with Gasteiger partial charge in [0.25, 0.3) is 0 Å². The van der Waals surface area contributed by atoms with E-state index in [1.807, 2.05) is 37.3 Å². The molecular weight excluding hydrogens is 282 g/mol. The van der Waals surface area contributed by atoms with Crippen LogP contribution < -0.4 is 5.32 Å². The highest BCUT2D eigenvalue weighted by molar-refractivity contribution is 5.80. The highest BCUT2D eigenvalue weighted by Crippen LogP contribution is 2.15. The van der Waals surface area contributed by atoms with Crippen molar-refractivity contribution in [3.8, 4) is 0 Å². The largest absolute Gasteiger partial charge is 0.396 e. The lowest BCUT2D eigenvalue weighted by molar-refractivity contribution is -0.124. The molecule has 0 saturated heterocycles. The van der Waals surface area contributed by atoms with Crippen molar-refractivity contribution in [2.75, 3.05) is 13.2 Å². The van der Waals surface area contributed by atoms with Crippen LogP contribution in [0.5, 0.6) is 0 Å². The van der Waals surface area contributed by atoms with Gasteiger partial charge in [0, 0.05) is 19.6 Å². The summed E-state index contributed by atoms with van der Waals surface area (Å²) in [6.07, 6.45) is 0.506. The quantitative estimate of drug-likeness (QED) is 0.777. The minimum atomic E-state index is -0.511. The highest BCUT2D eigenvalue weighted by atomic mass is 16.3. The zero-order chi connectivity index (χ0) is 15.9. The molecule has 0 bridgehead atoms. The van der Waals surface area contributed by atoms with Crippen LogP contribution in [0.15, 0.2) is 30.3 Å². The van der Waals surface area contributed by atoms with Crippen molar-refractivity contribution in [1.29, 1.82) is 0 Å². The maximum absolute atomic E-state index is 12.5. The fourth-order valence-corrected chi connectivity index (χ4v) is 2.11. The van der Waals surface area contributed by atoms with E-state index in [2.05, 4.69) is 20.8 Å². The van der Waals surface area contributed by atoms with Gasteiger partial charge in [0.1, 0.15) is 11.9 Å². The van der Waals surface area contributed by atoms with Crippen molar-refractivity contribution in [2.45, 2.75) is 26.3 Å². The van der Waals surface area contributed by atoms with E-state index in [4.69, 9.17) is 5.11 Å². The Kier molecular flexibility index (Phi) is 5.60. The summed E-state index contributed by atoms with van der Waals surface area (Å²) in [5, 5.41) is 23.3. The highest BCUT2D eigenvalue weighted by Gasteiger charge is 2.24. The second kappa shape index (κ2) is 7.65. The minimum Gasteiger partial charge on any atom is -0.396 e. The Hall–Kier alpha value is -2.28. The summed E-state index contributed by atoms with van der Waals surface area (Å²) in [6.45, 7) is 4.09. The molecule has 0 saturated carbocycles. The third kappa shape index (κ3) is 4.11. The fourth-order valence-electron chi connectivity index (χ4n) is 2.11. The van der Waals surface area contributed by atoms with Crippen LogP contribution in [0.3, 0.4) is 0 Å². The van der Waals surface area contributed by atoms with E-state index in [9.17, 15) is 4.79 Å². The summed E-state index contributed by atoms with van der Waals surface area (Å²) in [4.78, 5) is 12.5. The maximum atomic E-state index is 12.5. The van der Waals surface area contributed by atoms with Crippen LogP contribution in [0.2, 0.25) is 0 Å². The third-order valence-electron chi connectivity index (χ3n) is 3.46. The second-order valence-electron chi connectivity index (χ2n) is 5.41. The molecule has 0 spiro atoms. The number of aromatic nitrogens is 4. The topological polar surface area (TPSA) is 92.9 Å². The van der Waals surface area contributed by atoms with Crippen LogP contribution in [-0.2, 0) is 11.2 Å². The lowest BCUT2D eigenvalue weighted by atomic mass is 10.0. The summed E-state index contributed by atoms with van der Waals surface area (Å²) < 4.78 is 1.53. The second-order valence-corrected chi connectivity index (χ2v) is 5.41. The predicted octanol–water partition coefficient (Wildman–Crippen LogP) is 0.510. The normalized spacial score (nSPS) is 13.6. The van der Waals surface area contributed by atoms with E-state index in [0.717, 1.165) is 5.56 Å². The number of carbonyl (C=O) groups is 1. The lowest BCUT2D eigenvalue weighted by Crippen LogP contribution is -2.37. The molecule has 0 aliphatic rings. The Morgan fingerprint density at radius 2 is 2.09 bits per heavy atom. The zero-order valence-electron chi connectivity index (χ0n) is 12.8. The fraction of sp³-hybridized carbons (Fsp3) is 0.467. The molecule has 0 aliphatic heterocycles. The Balaban J connectivity index is 2.15. The Morgan fingerprint density at radius 1 is 1.36 bits per heavy atom. The van der Waals surface area contributed by atoms with Gasteiger partial charge in [-0.15, -0.1) is 5.10 Å². The van der Waals surface area contributed by atoms with Crippen molar-refractivity contribution in [1.82, 2.24) is 25.5 Å². The molecule has 1 heterocycles. The van der Waals surface area contributed by atoms with Crippen LogP contribution >= 0.6 is 0 Å². The predicted molar refractivity (Wildman–Crippen MR) is 81.0 cm³/mol. The summed E-state index contributed by atoms with van der Waals surface area (Å²) in [5.74, 6) is 0.446. The standard InChI is InChI=1S/C15H21N5O2/c1-11(10-21)9-16-15(22)14(20-12(2)17-18-19-20)8-13-6-4-3-5-7-13/h3-7,11,14,21H,8-10H2,1-2H3,(H,16,22). The Bertz CT molecular complexity index is 599. The summed E-state index contributed by atoms with van der Waals surface area (Å²) in [6, 6.07) is 9.23. The van der Waals surface area contributed by atoms with Crippen LogP contribution in [0.1, 0.15) is 24.4 Å². The van der Waals surface area contributed by atoms with E-state index in [1.165, 1.54) is 4.68 Å². The number of benzene rings is 1. The summed E-state index contributed by atoms with van der Waals surface area (Å²) in [7, 11) is 0. The summed E-state index contributed by atoms with van der Waals surface area (Å²) in [5.41, 5.74) is 1.03. The van der Waals surface area contributed by atoms with Crippen molar-refractivity contribution < 1.29 is 9.90 Å². The molecule has 1 aromatic heterocycles. The Morgan fingerprint density at radius 3 is 2.68 bits per heavy atom. The molecule has 1 aromatic carbocycles. The van der Waals surface area contributed by atoms with Gasteiger partial charge < -0.3 is 10.4 Å². The first-order valence-corrected chi connectivity index (χ1v) is 7.28. The van der Waals surface area contributed by atoms with Crippen molar-refractivity contribution in [3.63, 3.8) is 0 Å². The molecular formula is C15H21N5O2. The van der Waals surface area contributed by atoms with Crippen molar-refractivity contribution in [3.05, 3.63) is 41.7 Å². The SMILES string of the molecule is Cc1nnnn1C(Cc1ccccc1)C(=O)NCC(C)CO. The monoisotopic (exact) mass is 303 g/mol. The first-order valence-electron chi connectivity index (χ1n) is 7.28. The smallest absolute Gasteiger partial charge is 0.245 e. The number of hydrogen-bond donors (Lipinski definition) is 2. The number of aryl methyl sites for hydroxylation is 1. The van der Waals surface area contributed by atoms with Crippen molar-refractivity contribution in [2.24, 2.45) is 5.92 Å². The van der Waals surface area contributed by atoms with Crippen LogP contribution in [-0.4, -0.2) is 44.4 Å². The molecule has 7 heteroatoms. The number of carbonyl (C=O) groups excluding carboxylic acids is 1. The number of rotatable bonds is 7. The number of aliphatic hydroxyl groups is 1. The van der Waals surface area contributed by atoms with E-state index < -0.39 is 6.04 Å². The average Bonchev–Trinajstić information content (AvgIpc) is 2.96. The molecule has 0 fully saturated rings. The van der Waals surface area contributed by atoms with E-state index in [1.54, 1.807) is 6.92 Å². The van der Waals surface area contributed by atoms with E-state index >= 15 is 0 Å². The first kappa shape index (κ1) is 16.1. The molecule has 2 N–H and O–H groups in total. The number of amides is 1. The van der Waals surface area contributed by atoms with Gasteiger partial charge in [-0.05, 0) is 28.8 Å². The zero-order valence-corrected chi connectivity index (χ0v) is 12.8. The molecule has 2 unspecified atom stereocenters. The van der Waals surface area contributed by atoms with Gasteiger partial charge in [-0.1, -0.05) is 37.3 Å². The third-order valence-corrected chi connectivity index (χ3v) is 3.46.